The average Bonchev–Trinajstić information content (AvgIpc) is 2.60. The zero-order chi connectivity index (χ0) is 19.2. The molecule has 0 saturated heterocycles. The third-order valence-corrected chi connectivity index (χ3v) is 5.19. The van der Waals surface area contributed by atoms with Crippen LogP contribution in [-0.4, -0.2) is 47.2 Å². The Morgan fingerprint density at radius 2 is 1.77 bits per heavy atom. The van der Waals surface area contributed by atoms with Gasteiger partial charge in [0.05, 0.1) is 12.0 Å². The molecule has 2 N–H and O–H groups in total. The van der Waals surface area contributed by atoms with Crippen molar-refractivity contribution in [2.75, 3.05) is 33.9 Å². The molecule has 0 aliphatic rings. The van der Waals surface area contributed by atoms with Gasteiger partial charge in [-0.15, -0.1) is 0 Å². The highest BCUT2D eigenvalue weighted by molar-refractivity contribution is 7.89. The summed E-state index contributed by atoms with van der Waals surface area (Å²) < 4.78 is 34.3. The van der Waals surface area contributed by atoms with Crippen molar-refractivity contribution in [3.63, 3.8) is 0 Å². The standard InChI is InChI=1S/C19H26N2O4S/c1-15-8-9-16(14-19(15)26(20,22)23)10-11-21(2)12-13-25-18-7-5-4-6-17(18)24-3/h4-9,14H,10-13H2,1-3H3,(H2,20,22,23). The van der Waals surface area contributed by atoms with E-state index in [1.807, 2.05) is 37.4 Å². The van der Waals surface area contributed by atoms with Crippen LogP contribution in [0.4, 0.5) is 0 Å². The first kappa shape index (κ1) is 20.2. The molecule has 0 fully saturated rings. The Morgan fingerprint density at radius 3 is 2.42 bits per heavy atom. The number of aryl methyl sites for hydroxylation is 1. The van der Waals surface area contributed by atoms with Crippen LogP contribution in [0.15, 0.2) is 47.4 Å². The van der Waals surface area contributed by atoms with Crippen LogP contribution in [0.25, 0.3) is 0 Å². The number of para-hydroxylation sites is 2. The lowest BCUT2D eigenvalue weighted by atomic mass is 10.1. The monoisotopic (exact) mass is 378 g/mol. The molecular weight excluding hydrogens is 352 g/mol. The summed E-state index contributed by atoms with van der Waals surface area (Å²) in [5, 5.41) is 5.26. The minimum absolute atomic E-state index is 0.192. The summed E-state index contributed by atoms with van der Waals surface area (Å²) in [6.45, 7) is 3.80. The van der Waals surface area contributed by atoms with Crippen molar-refractivity contribution in [2.45, 2.75) is 18.2 Å². The number of nitrogens with zero attached hydrogens (tertiary/aromatic N) is 1. The van der Waals surface area contributed by atoms with Crippen LogP contribution < -0.4 is 14.6 Å². The van der Waals surface area contributed by atoms with Gasteiger partial charge in [0.1, 0.15) is 6.61 Å². The molecule has 0 spiro atoms. The van der Waals surface area contributed by atoms with Gasteiger partial charge in [-0.2, -0.15) is 0 Å². The van der Waals surface area contributed by atoms with E-state index in [0.29, 0.717) is 17.9 Å². The largest absolute Gasteiger partial charge is 0.493 e. The lowest BCUT2D eigenvalue weighted by Crippen LogP contribution is -2.26. The first-order chi connectivity index (χ1) is 12.3. The lowest BCUT2D eigenvalue weighted by Gasteiger charge is -2.18. The molecule has 0 aliphatic carbocycles. The molecule has 26 heavy (non-hydrogen) atoms. The number of hydrogen-bond acceptors (Lipinski definition) is 5. The van der Waals surface area contributed by atoms with Crippen molar-refractivity contribution in [1.82, 2.24) is 4.90 Å². The summed E-state index contributed by atoms with van der Waals surface area (Å²) >= 11 is 0. The van der Waals surface area contributed by atoms with E-state index in [1.54, 1.807) is 26.2 Å². The summed E-state index contributed by atoms with van der Waals surface area (Å²) in [7, 11) is -0.0744. The molecule has 0 radical (unpaired) electrons. The number of benzene rings is 2. The third-order valence-electron chi connectivity index (χ3n) is 4.14. The quantitative estimate of drug-likeness (QED) is 0.723. The summed E-state index contributed by atoms with van der Waals surface area (Å²) in [5.41, 5.74) is 1.60. The molecule has 0 aliphatic heterocycles. The minimum Gasteiger partial charge on any atom is -0.493 e. The normalized spacial score (nSPS) is 11.6. The van der Waals surface area contributed by atoms with Gasteiger partial charge in [0.25, 0.3) is 0 Å². The number of nitrogens with two attached hydrogens (primary N) is 1. The maximum absolute atomic E-state index is 11.6. The second-order valence-electron chi connectivity index (χ2n) is 6.20. The third kappa shape index (κ3) is 5.72. The van der Waals surface area contributed by atoms with Gasteiger partial charge in [0.15, 0.2) is 11.5 Å². The molecule has 0 bridgehead atoms. The summed E-state index contributed by atoms with van der Waals surface area (Å²) in [4.78, 5) is 2.32. The van der Waals surface area contributed by atoms with Crippen molar-refractivity contribution in [3.05, 3.63) is 53.6 Å². The Balaban J connectivity index is 1.85. The van der Waals surface area contributed by atoms with Crippen LogP contribution in [0.2, 0.25) is 0 Å². The Kier molecular flexibility index (Phi) is 7.02. The van der Waals surface area contributed by atoms with E-state index in [-0.39, 0.29) is 4.90 Å². The van der Waals surface area contributed by atoms with E-state index in [0.717, 1.165) is 30.8 Å². The summed E-state index contributed by atoms with van der Waals surface area (Å²) in [5.74, 6) is 1.44. The molecule has 142 valence electrons. The fourth-order valence-corrected chi connectivity index (χ4v) is 3.42. The highest BCUT2D eigenvalue weighted by Crippen LogP contribution is 2.25. The molecule has 7 heteroatoms. The fraction of sp³-hybridized carbons (Fsp3) is 0.368. The fourth-order valence-electron chi connectivity index (χ4n) is 2.59. The first-order valence-corrected chi connectivity index (χ1v) is 9.92. The molecule has 0 atom stereocenters. The molecule has 0 saturated carbocycles. The second-order valence-corrected chi connectivity index (χ2v) is 7.73. The molecule has 6 nitrogen and oxygen atoms in total. The number of hydrogen-bond donors (Lipinski definition) is 1. The van der Waals surface area contributed by atoms with Crippen molar-refractivity contribution < 1.29 is 17.9 Å². The Labute approximate surface area is 155 Å². The average molecular weight is 378 g/mol. The summed E-state index contributed by atoms with van der Waals surface area (Å²) in [6, 6.07) is 12.9. The topological polar surface area (TPSA) is 81.9 Å². The van der Waals surface area contributed by atoms with E-state index < -0.39 is 10.0 Å². The van der Waals surface area contributed by atoms with Crippen molar-refractivity contribution in [3.8, 4) is 11.5 Å². The second kappa shape index (κ2) is 9.02. The highest BCUT2D eigenvalue weighted by atomic mass is 32.2. The maximum Gasteiger partial charge on any atom is 0.238 e. The number of ether oxygens (including phenoxy) is 2. The first-order valence-electron chi connectivity index (χ1n) is 8.38. The van der Waals surface area contributed by atoms with E-state index in [9.17, 15) is 8.42 Å². The predicted octanol–water partition coefficient (Wildman–Crippen LogP) is 2.20. The molecule has 0 amide bonds. The van der Waals surface area contributed by atoms with Crippen LogP contribution in [0, 0.1) is 6.92 Å². The van der Waals surface area contributed by atoms with Crippen molar-refractivity contribution in [2.24, 2.45) is 5.14 Å². The Bertz CT molecular complexity index is 837. The van der Waals surface area contributed by atoms with Gasteiger partial charge in [-0.05, 0) is 49.7 Å². The van der Waals surface area contributed by atoms with Gasteiger partial charge in [-0.25, -0.2) is 13.6 Å². The Morgan fingerprint density at radius 1 is 1.08 bits per heavy atom. The molecule has 2 aromatic rings. The smallest absolute Gasteiger partial charge is 0.238 e. The van der Waals surface area contributed by atoms with Crippen LogP contribution >= 0.6 is 0 Å². The SMILES string of the molecule is COc1ccccc1OCCN(C)CCc1ccc(C)c(S(N)(=O)=O)c1. The molecular formula is C19H26N2O4S. The van der Waals surface area contributed by atoms with E-state index in [1.165, 1.54) is 0 Å². The van der Waals surface area contributed by atoms with Gasteiger partial charge >= 0.3 is 0 Å². The molecule has 2 aromatic carbocycles. The van der Waals surface area contributed by atoms with Gasteiger partial charge in [-0.3, -0.25) is 0 Å². The van der Waals surface area contributed by atoms with Gasteiger partial charge in [-0.1, -0.05) is 24.3 Å². The zero-order valence-corrected chi connectivity index (χ0v) is 16.3. The molecule has 0 heterocycles. The molecule has 2 rings (SSSR count). The van der Waals surface area contributed by atoms with Crippen LogP contribution in [0.3, 0.4) is 0 Å². The van der Waals surface area contributed by atoms with E-state index in [2.05, 4.69) is 4.90 Å². The number of rotatable bonds is 9. The van der Waals surface area contributed by atoms with E-state index >= 15 is 0 Å². The number of primary sulfonamides is 1. The van der Waals surface area contributed by atoms with Crippen LogP contribution in [0.5, 0.6) is 11.5 Å². The summed E-state index contributed by atoms with van der Waals surface area (Å²) in [6.07, 6.45) is 0.730. The predicted molar refractivity (Wildman–Crippen MR) is 102 cm³/mol. The highest BCUT2D eigenvalue weighted by Gasteiger charge is 2.12. The molecule has 0 unspecified atom stereocenters. The minimum atomic E-state index is -3.69. The maximum atomic E-state index is 11.6. The van der Waals surface area contributed by atoms with E-state index in [4.69, 9.17) is 14.6 Å². The van der Waals surface area contributed by atoms with Gasteiger partial charge in [0, 0.05) is 13.1 Å². The number of sulfonamides is 1. The van der Waals surface area contributed by atoms with Gasteiger partial charge < -0.3 is 14.4 Å². The number of methoxy groups -OCH3 is 1. The Hall–Kier alpha value is -2.09. The number of likely N-dealkylation sites (N-methyl/N-ethyl adjacent to an activating group) is 1. The van der Waals surface area contributed by atoms with Crippen LogP contribution in [0.1, 0.15) is 11.1 Å². The molecule has 0 aromatic heterocycles. The van der Waals surface area contributed by atoms with Gasteiger partial charge in [0.2, 0.25) is 10.0 Å². The van der Waals surface area contributed by atoms with Crippen molar-refractivity contribution >= 4 is 10.0 Å². The van der Waals surface area contributed by atoms with Crippen molar-refractivity contribution in [1.29, 1.82) is 0 Å². The zero-order valence-electron chi connectivity index (χ0n) is 15.4. The van der Waals surface area contributed by atoms with Crippen LogP contribution in [-0.2, 0) is 16.4 Å². The lowest BCUT2D eigenvalue weighted by molar-refractivity contribution is 0.231.